The van der Waals surface area contributed by atoms with Gasteiger partial charge < -0.3 is 14.8 Å². The summed E-state index contributed by atoms with van der Waals surface area (Å²) in [5.74, 6) is 0.499. The molecule has 0 aliphatic heterocycles. The molecule has 0 radical (unpaired) electrons. The number of hydrogen-bond acceptors (Lipinski definition) is 5. The average Bonchev–Trinajstić information content (AvgIpc) is 3.00. The molecule has 2 aromatic rings. The SMILES string of the molecule is COCCOc1cccc(C(=O)NC(C)Cn2cncn2)c1. The highest BCUT2D eigenvalue weighted by Gasteiger charge is 2.11. The van der Waals surface area contributed by atoms with Gasteiger partial charge in [0.1, 0.15) is 25.0 Å². The predicted molar refractivity (Wildman–Crippen MR) is 80.8 cm³/mol. The van der Waals surface area contributed by atoms with Crippen LogP contribution in [0.3, 0.4) is 0 Å². The highest BCUT2D eigenvalue weighted by Crippen LogP contribution is 2.13. The normalized spacial score (nSPS) is 11.9. The zero-order valence-corrected chi connectivity index (χ0v) is 12.7. The molecule has 0 saturated carbocycles. The van der Waals surface area contributed by atoms with E-state index >= 15 is 0 Å². The van der Waals surface area contributed by atoms with Crippen LogP contribution in [0.2, 0.25) is 0 Å². The van der Waals surface area contributed by atoms with Crippen LogP contribution in [0.4, 0.5) is 0 Å². The molecule has 22 heavy (non-hydrogen) atoms. The molecule has 0 fully saturated rings. The summed E-state index contributed by atoms with van der Waals surface area (Å²) in [6, 6.07) is 7.01. The Morgan fingerprint density at radius 2 is 2.27 bits per heavy atom. The number of carbonyl (C=O) groups excluding carboxylic acids is 1. The summed E-state index contributed by atoms with van der Waals surface area (Å²) in [5, 5.41) is 6.94. The lowest BCUT2D eigenvalue weighted by Crippen LogP contribution is -2.35. The first-order chi connectivity index (χ1) is 10.7. The third kappa shape index (κ3) is 4.85. The van der Waals surface area contributed by atoms with Crippen LogP contribution in [0, 0.1) is 0 Å². The van der Waals surface area contributed by atoms with Gasteiger partial charge in [-0.2, -0.15) is 5.10 Å². The monoisotopic (exact) mass is 304 g/mol. The molecule has 7 heteroatoms. The summed E-state index contributed by atoms with van der Waals surface area (Å²) < 4.78 is 12.1. The van der Waals surface area contributed by atoms with E-state index in [9.17, 15) is 4.79 Å². The number of hydrogen-bond donors (Lipinski definition) is 1. The zero-order chi connectivity index (χ0) is 15.8. The smallest absolute Gasteiger partial charge is 0.251 e. The number of nitrogens with zero attached hydrogens (tertiary/aromatic N) is 3. The Morgan fingerprint density at radius 3 is 3.00 bits per heavy atom. The van der Waals surface area contributed by atoms with Gasteiger partial charge >= 0.3 is 0 Å². The molecule has 1 atom stereocenters. The van der Waals surface area contributed by atoms with Crippen molar-refractivity contribution in [2.24, 2.45) is 0 Å². The van der Waals surface area contributed by atoms with E-state index in [-0.39, 0.29) is 11.9 Å². The second-order valence-corrected chi connectivity index (χ2v) is 4.86. The lowest BCUT2D eigenvalue weighted by atomic mass is 10.2. The van der Waals surface area contributed by atoms with Crippen molar-refractivity contribution >= 4 is 5.91 Å². The number of rotatable bonds is 8. The van der Waals surface area contributed by atoms with Crippen LogP contribution < -0.4 is 10.1 Å². The Labute approximate surface area is 129 Å². The fraction of sp³-hybridized carbons (Fsp3) is 0.400. The fourth-order valence-electron chi connectivity index (χ4n) is 1.93. The summed E-state index contributed by atoms with van der Waals surface area (Å²) in [5.41, 5.74) is 0.556. The van der Waals surface area contributed by atoms with Gasteiger partial charge in [-0.25, -0.2) is 4.98 Å². The van der Waals surface area contributed by atoms with Crippen LogP contribution in [-0.4, -0.2) is 47.0 Å². The largest absolute Gasteiger partial charge is 0.491 e. The van der Waals surface area contributed by atoms with Gasteiger partial charge in [0.15, 0.2) is 0 Å². The summed E-state index contributed by atoms with van der Waals surface area (Å²) >= 11 is 0. The molecule has 1 aromatic carbocycles. The van der Waals surface area contributed by atoms with Gasteiger partial charge in [-0.05, 0) is 25.1 Å². The molecule has 0 spiro atoms. The predicted octanol–water partition coefficient (Wildman–Crippen LogP) is 1.12. The fourth-order valence-corrected chi connectivity index (χ4v) is 1.93. The minimum Gasteiger partial charge on any atom is -0.491 e. The first-order valence-corrected chi connectivity index (χ1v) is 7.04. The van der Waals surface area contributed by atoms with E-state index in [2.05, 4.69) is 15.4 Å². The molecule has 2 rings (SSSR count). The second-order valence-electron chi connectivity index (χ2n) is 4.86. The van der Waals surface area contributed by atoms with Crippen LogP contribution in [-0.2, 0) is 11.3 Å². The second kappa shape index (κ2) is 8.14. The maximum atomic E-state index is 12.2. The summed E-state index contributed by atoms with van der Waals surface area (Å²) in [7, 11) is 1.61. The van der Waals surface area contributed by atoms with Gasteiger partial charge in [-0.15, -0.1) is 0 Å². The number of amides is 1. The van der Waals surface area contributed by atoms with E-state index in [1.165, 1.54) is 6.33 Å². The van der Waals surface area contributed by atoms with Gasteiger partial charge in [-0.1, -0.05) is 6.07 Å². The summed E-state index contributed by atoms with van der Waals surface area (Å²) in [6.45, 7) is 3.43. The lowest BCUT2D eigenvalue weighted by molar-refractivity contribution is 0.0935. The van der Waals surface area contributed by atoms with E-state index in [0.717, 1.165) is 0 Å². The number of aromatic nitrogens is 3. The highest BCUT2D eigenvalue weighted by atomic mass is 16.5. The summed E-state index contributed by atoms with van der Waals surface area (Å²) in [6.07, 6.45) is 3.09. The minimum atomic E-state index is -0.148. The van der Waals surface area contributed by atoms with E-state index < -0.39 is 0 Å². The third-order valence-electron chi connectivity index (χ3n) is 2.96. The van der Waals surface area contributed by atoms with Crippen molar-refractivity contribution in [2.75, 3.05) is 20.3 Å². The molecule has 1 amide bonds. The van der Waals surface area contributed by atoms with Crippen molar-refractivity contribution in [3.8, 4) is 5.75 Å². The maximum absolute atomic E-state index is 12.2. The molecule has 1 N–H and O–H groups in total. The number of carbonyl (C=O) groups is 1. The van der Waals surface area contributed by atoms with Gasteiger partial charge in [0.05, 0.1) is 13.2 Å². The molecule has 0 aliphatic rings. The Kier molecular flexibility index (Phi) is 5.91. The minimum absolute atomic E-state index is 0.0627. The number of ether oxygens (including phenoxy) is 2. The van der Waals surface area contributed by atoms with Crippen molar-refractivity contribution in [1.82, 2.24) is 20.1 Å². The van der Waals surface area contributed by atoms with Crippen LogP contribution in [0.1, 0.15) is 17.3 Å². The molecule has 0 saturated heterocycles. The third-order valence-corrected chi connectivity index (χ3v) is 2.96. The van der Waals surface area contributed by atoms with Crippen molar-refractivity contribution in [3.05, 3.63) is 42.5 Å². The number of nitrogens with one attached hydrogen (secondary N) is 1. The molecular weight excluding hydrogens is 284 g/mol. The Bertz CT molecular complexity index is 586. The Balaban J connectivity index is 1.89. The van der Waals surface area contributed by atoms with Crippen molar-refractivity contribution in [3.63, 3.8) is 0 Å². The quantitative estimate of drug-likeness (QED) is 0.739. The zero-order valence-electron chi connectivity index (χ0n) is 12.7. The van der Waals surface area contributed by atoms with Crippen molar-refractivity contribution in [1.29, 1.82) is 0 Å². The maximum Gasteiger partial charge on any atom is 0.251 e. The molecule has 7 nitrogen and oxygen atoms in total. The van der Waals surface area contributed by atoms with Crippen molar-refractivity contribution < 1.29 is 14.3 Å². The van der Waals surface area contributed by atoms with Gasteiger partial charge in [0.25, 0.3) is 5.91 Å². The molecule has 0 aliphatic carbocycles. The van der Waals surface area contributed by atoms with Gasteiger partial charge in [-0.3, -0.25) is 9.48 Å². The standard InChI is InChI=1S/C15H20N4O3/c1-12(9-19-11-16-10-17-19)18-15(20)13-4-3-5-14(8-13)22-7-6-21-2/h3-5,8,10-12H,6-7,9H2,1-2H3,(H,18,20). The van der Waals surface area contributed by atoms with Gasteiger partial charge in [0.2, 0.25) is 0 Å². The average molecular weight is 304 g/mol. The topological polar surface area (TPSA) is 78.3 Å². The van der Waals surface area contributed by atoms with Gasteiger partial charge in [0, 0.05) is 18.7 Å². The Hall–Kier alpha value is -2.41. The Morgan fingerprint density at radius 1 is 1.41 bits per heavy atom. The molecule has 1 aromatic heterocycles. The van der Waals surface area contributed by atoms with Crippen LogP contribution in [0.15, 0.2) is 36.9 Å². The highest BCUT2D eigenvalue weighted by molar-refractivity contribution is 5.94. The number of benzene rings is 1. The first-order valence-electron chi connectivity index (χ1n) is 7.04. The van der Waals surface area contributed by atoms with Crippen LogP contribution in [0.5, 0.6) is 5.75 Å². The van der Waals surface area contributed by atoms with Crippen LogP contribution in [0.25, 0.3) is 0 Å². The lowest BCUT2D eigenvalue weighted by Gasteiger charge is -2.14. The number of methoxy groups -OCH3 is 1. The van der Waals surface area contributed by atoms with Crippen LogP contribution >= 0.6 is 0 Å². The first kappa shape index (κ1) is 16.0. The molecule has 1 unspecified atom stereocenters. The van der Waals surface area contributed by atoms with E-state index in [0.29, 0.717) is 31.1 Å². The van der Waals surface area contributed by atoms with E-state index in [4.69, 9.17) is 9.47 Å². The molecule has 1 heterocycles. The van der Waals surface area contributed by atoms with E-state index in [1.807, 2.05) is 13.0 Å². The summed E-state index contributed by atoms with van der Waals surface area (Å²) in [4.78, 5) is 16.1. The molecular formula is C15H20N4O3. The molecule has 0 bridgehead atoms. The van der Waals surface area contributed by atoms with Crippen molar-refractivity contribution in [2.45, 2.75) is 19.5 Å². The molecule has 118 valence electrons. The van der Waals surface area contributed by atoms with E-state index in [1.54, 1.807) is 36.3 Å².